The summed E-state index contributed by atoms with van der Waals surface area (Å²) in [4.78, 5) is 29.6. The van der Waals surface area contributed by atoms with Crippen LogP contribution in [0.5, 0.6) is 0 Å². The molecule has 2 aliphatic rings. The van der Waals surface area contributed by atoms with Crippen LogP contribution in [0.15, 0.2) is 328 Å². The fourth-order valence-corrected chi connectivity index (χ4v) is 14.7. The molecule has 2 heterocycles. The first-order chi connectivity index (χ1) is 48.0. The Bertz CT molecular complexity index is 5610. The Kier molecular flexibility index (Phi) is 14.8. The average Bonchev–Trinajstić information content (AvgIpc) is 1.57. The van der Waals surface area contributed by atoms with E-state index < -0.39 is 0 Å². The fourth-order valence-electron chi connectivity index (χ4n) is 14.7. The topological polar surface area (TPSA) is 77.3 Å². The largest absolute Gasteiger partial charge is 0.208 e. The van der Waals surface area contributed by atoms with Crippen LogP contribution >= 0.6 is 0 Å². The summed E-state index contributed by atoms with van der Waals surface area (Å²) in [6, 6.07) is 116. The lowest BCUT2D eigenvalue weighted by molar-refractivity contribution is 0.661. The van der Waals surface area contributed by atoms with Crippen molar-refractivity contribution in [2.75, 3.05) is 0 Å². The van der Waals surface area contributed by atoms with Gasteiger partial charge in [0.05, 0.1) is 0 Å². The maximum Gasteiger partial charge on any atom is 0.164 e. The zero-order valence-corrected chi connectivity index (χ0v) is 54.9. The second kappa shape index (κ2) is 24.4. The number of benzene rings is 14. The molecule has 0 bridgehead atoms. The first-order valence-corrected chi connectivity index (χ1v) is 33.6. The normalized spacial score (nSPS) is 12.9. The Balaban J connectivity index is 0.000000147. The molecule has 6 nitrogen and oxygen atoms in total. The Morgan fingerprint density at radius 3 is 0.888 bits per heavy atom. The average molecular weight is 1260 g/mol. The van der Waals surface area contributed by atoms with Crippen LogP contribution in [0.3, 0.4) is 0 Å². The summed E-state index contributed by atoms with van der Waals surface area (Å²) in [5.41, 5.74) is 25.8. The van der Waals surface area contributed by atoms with Gasteiger partial charge in [0.25, 0.3) is 0 Å². The molecule has 0 saturated heterocycles. The molecule has 0 spiro atoms. The van der Waals surface area contributed by atoms with E-state index in [9.17, 15) is 0 Å². The molecular formula is C92H66N6. The van der Waals surface area contributed by atoms with Crippen LogP contribution in [0, 0.1) is 0 Å². The molecule has 0 fully saturated rings. The van der Waals surface area contributed by atoms with Gasteiger partial charge in [0.15, 0.2) is 34.9 Å². The van der Waals surface area contributed by atoms with Gasteiger partial charge < -0.3 is 0 Å². The van der Waals surface area contributed by atoms with Gasteiger partial charge in [-0.2, -0.15) is 0 Å². The first-order valence-electron chi connectivity index (χ1n) is 33.6. The van der Waals surface area contributed by atoms with Crippen LogP contribution in [-0.2, 0) is 10.8 Å². The van der Waals surface area contributed by atoms with E-state index in [1.165, 1.54) is 88.3 Å². The quantitative estimate of drug-likeness (QED) is 0.136. The second-order valence-corrected chi connectivity index (χ2v) is 26.6. The number of fused-ring (bicyclic) bond motifs is 9. The molecule has 0 saturated carbocycles. The predicted octanol–water partition coefficient (Wildman–Crippen LogP) is 23.3. The van der Waals surface area contributed by atoms with E-state index in [1.54, 1.807) is 0 Å². The smallest absolute Gasteiger partial charge is 0.164 e. The second-order valence-electron chi connectivity index (χ2n) is 26.6. The molecule has 18 rings (SSSR count). The van der Waals surface area contributed by atoms with E-state index in [0.29, 0.717) is 34.9 Å². The number of rotatable bonds is 10. The third-order valence-electron chi connectivity index (χ3n) is 19.8. The van der Waals surface area contributed by atoms with E-state index >= 15 is 0 Å². The number of aromatic nitrogens is 6. The number of hydrogen-bond donors (Lipinski definition) is 0. The lowest BCUT2D eigenvalue weighted by Gasteiger charge is -2.23. The van der Waals surface area contributed by atoms with Crippen molar-refractivity contribution in [1.82, 2.24) is 29.9 Å². The van der Waals surface area contributed by atoms with Crippen molar-refractivity contribution in [3.63, 3.8) is 0 Å². The number of nitrogens with zero attached hydrogens (tertiary/aromatic N) is 6. The summed E-state index contributed by atoms with van der Waals surface area (Å²) in [7, 11) is 0. The van der Waals surface area contributed by atoms with Gasteiger partial charge in [-0.1, -0.05) is 307 Å². The molecule has 14 aromatic carbocycles. The summed E-state index contributed by atoms with van der Waals surface area (Å²) in [6.07, 6.45) is 0. The summed E-state index contributed by atoms with van der Waals surface area (Å²) in [5, 5.41) is 5.22. The molecule has 2 aliphatic carbocycles. The van der Waals surface area contributed by atoms with Crippen LogP contribution in [0.1, 0.15) is 49.9 Å². The third kappa shape index (κ3) is 10.9. The van der Waals surface area contributed by atoms with Crippen molar-refractivity contribution < 1.29 is 0 Å². The van der Waals surface area contributed by atoms with Crippen molar-refractivity contribution in [1.29, 1.82) is 0 Å². The van der Waals surface area contributed by atoms with E-state index in [1.807, 2.05) is 121 Å². The predicted molar refractivity (Wildman–Crippen MR) is 404 cm³/mol. The lowest BCUT2D eigenvalue weighted by Crippen LogP contribution is -2.15. The van der Waals surface area contributed by atoms with Crippen molar-refractivity contribution in [3.05, 3.63) is 350 Å². The Hall–Kier alpha value is -12.4. The summed E-state index contributed by atoms with van der Waals surface area (Å²) < 4.78 is 0. The minimum absolute atomic E-state index is 0.0849. The lowest BCUT2D eigenvalue weighted by atomic mass is 9.79. The van der Waals surface area contributed by atoms with Gasteiger partial charge in [-0.3, -0.25) is 0 Å². The highest BCUT2D eigenvalue weighted by molar-refractivity contribution is 5.99. The minimum atomic E-state index is -0.102. The summed E-state index contributed by atoms with van der Waals surface area (Å²) in [6.45, 7) is 9.43. The van der Waals surface area contributed by atoms with Crippen molar-refractivity contribution in [2.24, 2.45) is 0 Å². The summed E-state index contributed by atoms with van der Waals surface area (Å²) >= 11 is 0. The van der Waals surface area contributed by atoms with Gasteiger partial charge in [0.1, 0.15) is 0 Å². The van der Waals surface area contributed by atoms with Gasteiger partial charge in [0.2, 0.25) is 0 Å². The van der Waals surface area contributed by atoms with E-state index in [-0.39, 0.29) is 10.8 Å². The van der Waals surface area contributed by atoms with Crippen LogP contribution in [0.4, 0.5) is 0 Å². The van der Waals surface area contributed by atoms with Crippen LogP contribution in [0.25, 0.3) is 157 Å². The molecule has 2 aromatic heterocycles. The molecule has 0 radical (unpaired) electrons. The van der Waals surface area contributed by atoms with Crippen molar-refractivity contribution in [2.45, 2.75) is 38.5 Å². The van der Waals surface area contributed by atoms with E-state index in [0.717, 1.165) is 55.6 Å². The van der Waals surface area contributed by atoms with Gasteiger partial charge in [-0.05, 0) is 159 Å². The Morgan fingerprint density at radius 2 is 0.469 bits per heavy atom. The zero-order valence-electron chi connectivity index (χ0n) is 54.9. The molecular weight excluding hydrogens is 1190 g/mol. The molecule has 0 unspecified atom stereocenters. The third-order valence-corrected chi connectivity index (χ3v) is 19.8. The Labute approximate surface area is 571 Å². The minimum Gasteiger partial charge on any atom is -0.208 e. The monoisotopic (exact) mass is 1250 g/mol. The standard InChI is InChI=1S/2C46H33N3/c1-46(2)41-29-36(24-25-39(41)40-26-23-30-13-9-10-22-38(30)42(40)46)34-19-11-18-33(27-34)35-20-12-21-37(28-35)45-48-43(31-14-5-3-6-15-31)47-44(49-45)32-16-7-4-8-17-32;1-46(2)41-29-37(23-24-39(41)40-27-35-17-9-10-18-36(35)28-42(40)46)33-20-11-19-32(25-33)34-21-12-22-38(26-34)45-48-43(30-13-5-3-6-14-30)47-44(49-45)31-15-7-4-8-16-31/h2*3-29H,1-2H3. The molecule has 16 aromatic rings. The van der Waals surface area contributed by atoms with Gasteiger partial charge >= 0.3 is 0 Å². The van der Waals surface area contributed by atoms with Crippen molar-refractivity contribution >= 4 is 21.5 Å². The highest BCUT2D eigenvalue weighted by Crippen LogP contribution is 2.53. The molecule has 0 aliphatic heterocycles. The number of hydrogen-bond acceptors (Lipinski definition) is 6. The molecule has 0 atom stereocenters. The first kappa shape index (κ1) is 59.4. The van der Waals surface area contributed by atoms with Gasteiger partial charge in [0, 0.05) is 44.2 Å². The fraction of sp³-hybridized carbons (Fsp3) is 0.0652. The zero-order chi connectivity index (χ0) is 65.9. The van der Waals surface area contributed by atoms with Crippen molar-refractivity contribution in [3.8, 4) is 135 Å². The SMILES string of the molecule is CC1(C)c2cc(-c3cccc(-c4cccc(-c5nc(-c6ccccc6)nc(-c6ccccc6)n5)c4)c3)ccc2-c2cc3ccccc3cc21.CC1(C)c2cc(-c3cccc(-c4cccc(-c5nc(-c6ccccc6)nc(-c6ccccc6)n5)c4)c3)ccc2-c2ccc3ccccc3c21. The van der Waals surface area contributed by atoms with Crippen LogP contribution in [0.2, 0.25) is 0 Å². The Morgan fingerprint density at radius 1 is 0.184 bits per heavy atom. The molecule has 0 amide bonds. The van der Waals surface area contributed by atoms with E-state index in [2.05, 4.69) is 234 Å². The highest BCUT2D eigenvalue weighted by Gasteiger charge is 2.38. The maximum atomic E-state index is 4.96. The summed E-state index contributed by atoms with van der Waals surface area (Å²) in [5.74, 6) is 3.94. The van der Waals surface area contributed by atoms with Gasteiger partial charge in [-0.25, -0.2) is 29.9 Å². The van der Waals surface area contributed by atoms with Crippen LogP contribution in [-0.4, -0.2) is 29.9 Å². The molecule has 98 heavy (non-hydrogen) atoms. The van der Waals surface area contributed by atoms with Gasteiger partial charge in [-0.15, -0.1) is 0 Å². The maximum absolute atomic E-state index is 4.96. The van der Waals surface area contributed by atoms with Crippen LogP contribution < -0.4 is 0 Å². The molecule has 464 valence electrons. The molecule has 6 heteroatoms. The highest BCUT2D eigenvalue weighted by atomic mass is 15.0. The van der Waals surface area contributed by atoms with E-state index in [4.69, 9.17) is 29.9 Å². The molecule has 0 N–H and O–H groups in total.